The number of hydrogen-bond donors (Lipinski definition) is 0. The van der Waals surface area contributed by atoms with Crippen molar-refractivity contribution in [1.29, 1.82) is 0 Å². The summed E-state index contributed by atoms with van der Waals surface area (Å²) in [5, 5.41) is 0. The first-order valence-corrected chi connectivity index (χ1v) is 8.47. The molecular formula is C18H19N3O3. The molecule has 4 aliphatic heterocycles. The van der Waals surface area contributed by atoms with Crippen LogP contribution in [0.4, 0.5) is 10.8 Å². The van der Waals surface area contributed by atoms with Crippen molar-refractivity contribution in [1.82, 2.24) is 9.88 Å². The standard InChI is InChI=1S/C18H19N3O3/c22-17-21(12-18(24-17)11-20-8-6-14(18)7-9-20)16-19-15(10-23-16)13-4-2-1-3-5-13/h1-5,10,14H,6-9,11-12H2/t18-/m0/s1. The number of carbonyl (C=O) groups is 1. The maximum atomic E-state index is 12.5. The third-order valence-electron chi connectivity index (χ3n) is 5.55. The van der Waals surface area contributed by atoms with Gasteiger partial charge in [0.1, 0.15) is 17.6 Å². The Morgan fingerprint density at radius 1 is 1.12 bits per heavy atom. The largest absolute Gasteiger partial charge is 0.439 e. The molecule has 6 heteroatoms. The first-order valence-electron chi connectivity index (χ1n) is 8.47. The number of amides is 1. The van der Waals surface area contributed by atoms with E-state index in [1.54, 1.807) is 11.2 Å². The van der Waals surface area contributed by atoms with E-state index in [9.17, 15) is 4.79 Å². The molecular weight excluding hydrogens is 306 g/mol. The molecule has 24 heavy (non-hydrogen) atoms. The number of hydrogen-bond acceptors (Lipinski definition) is 5. The number of benzene rings is 1. The van der Waals surface area contributed by atoms with E-state index in [1.165, 1.54) is 0 Å². The number of aromatic nitrogens is 1. The molecule has 2 aromatic rings. The van der Waals surface area contributed by atoms with Crippen molar-refractivity contribution >= 4 is 12.1 Å². The van der Waals surface area contributed by atoms with Gasteiger partial charge in [-0.3, -0.25) is 4.90 Å². The molecule has 4 saturated heterocycles. The minimum Gasteiger partial charge on any atom is -0.439 e. The molecule has 1 atom stereocenters. The zero-order valence-electron chi connectivity index (χ0n) is 13.4. The lowest BCUT2D eigenvalue weighted by Crippen LogP contribution is -2.61. The van der Waals surface area contributed by atoms with Crippen molar-refractivity contribution in [2.75, 3.05) is 31.1 Å². The van der Waals surface area contributed by atoms with Crippen LogP contribution in [0.3, 0.4) is 0 Å². The van der Waals surface area contributed by atoms with Crippen LogP contribution in [0.2, 0.25) is 0 Å². The van der Waals surface area contributed by atoms with E-state index in [2.05, 4.69) is 9.88 Å². The van der Waals surface area contributed by atoms with Crippen LogP contribution < -0.4 is 4.90 Å². The highest BCUT2D eigenvalue weighted by Gasteiger charge is 2.56. The van der Waals surface area contributed by atoms with E-state index >= 15 is 0 Å². The first kappa shape index (κ1) is 14.0. The zero-order valence-corrected chi connectivity index (χ0v) is 13.4. The highest BCUT2D eigenvalue weighted by Crippen LogP contribution is 2.43. The van der Waals surface area contributed by atoms with Crippen molar-refractivity contribution in [3.8, 4) is 11.3 Å². The van der Waals surface area contributed by atoms with Crippen molar-refractivity contribution in [2.24, 2.45) is 5.92 Å². The van der Waals surface area contributed by atoms with Gasteiger partial charge in [-0.15, -0.1) is 0 Å². The molecule has 4 aliphatic rings. The normalized spacial score (nSPS) is 31.7. The molecule has 0 N–H and O–H groups in total. The maximum absolute atomic E-state index is 12.5. The summed E-state index contributed by atoms with van der Waals surface area (Å²) in [4.78, 5) is 20.9. The summed E-state index contributed by atoms with van der Waals surface area (Å²) in [6.45, 7) is 3.58. The highest BCUT2D eigenvalue weighted by atomic mass is 16.6. The van der Waals surface area contributed by atoms with Crippen molar-refractivity contribution in [3.63, 3.8) is 0 Å². The Morgan fingerprint density at radius 3 is 2.62 bits per heavy atom. The molecule has 0 aliphatic carbocycles. The molecule has 4 fully saturated rings. The molecule has 0 saturated carbocycles. The fourth-order valence-corrected chi connectivity index (χ4v) is 4.29. The van der Waals surface area contributed by atoms with E-state index in [0.717, 1.165) is 43.7 Å². The Morgan fingerprint density at radius 2 is 1.92 bits per heavy atom. The molecule has 1 aromatic heterocycles. The molecule has 1 aromatic carbocycles. The fourth-order valence-electron chi connectivity index (χ4n) is 4.29. The predicted molar refractivity (Wildman–Crippen MR) is 87.7 cm³/mol. The van der Waals surface area contributed by atoms with Crippen LogP contribution in [0, 0.1) is 5.92 Å². The summed E-state index contributed by atoms with van der Waals surface area (Å²) in [6.07, 6.45) is 3.45. The van der Waals surface area contributed by atoms with Gasteiger partial charge in [-0.25, -0.2) is 9.69 Å². The van der Waals surface area contributed by atoms with Crippen LogP contribution in [0.5, 0.6) is 0 Å². The third-order valence-corrected chi connectivity index (χ3v) is 5.55. The maximum Gasteiger partial charge on any atom is 0.418 e. The second kappa shape index (κ2) is 5.08. The topological polar surface area (TPSA) is 58.8 Å². The van der Waals surface area contributed by atoms with E-state index in [0.29, 0.717) is 18.5 Å². The van der Waals surface area contributed by atoms with Crippen LogP contribution in [0.1, 0.15) is 12.8 Å². The van der Waals surface area contributed by atoms with Gasteiger partial charge in [0.05, 0.1) is 6.54 Å². The number of rotatable bonds is 2. The van der Waals surface area contributed by atoms with Crippen molar-refractivity contribution < 1.29 is 13.9 Å². The molecule has 0 radical (unpaired) electrons. The smallest absolute Gasteiger partial charge is 0.418 e. The van der Waals surface area contributed by atoms with Gasteiger partial charge < -0.3 is 9.15 Å². The Labute approximate surface area is 140 Å². The number of nitrogens with zero attached hydrogens (tertiary/aromatic N) is 3. The molecule has 124 valence electrons. The van der Waals surface area contributed by atoms with Crippen LogP contribution in [0.15, 0.2) is 41.0 Å². The van der Waals surface area contributed by atoms with Crippen LogP contribution in [-0.2, 0) is 4.74 Å². The van der Waals surface area contributed by atoms with Gasteiger partial charge in [-0.05, 0) is 25.9 Å². The molecule has 1 spiro atoms. The summed E-state index contributed by atoms with van der Waals surface area (Å²) in [6, 6.07) is 10.1. The monoisotopic (exact) mass is 325 g/mol. The number of piperidine rings is 3. The minimum absolute atomic E-state index is 0.326. The van der Waals surface area contributed by atoms with Gasteiger partial charge in [0.15, 0.2) is 0 Å². The summed E-state index contributed by atoms with van der Waals surface area (Å²) in [5.74, 6) is 0.444. The lowest BCUT2D eigenvalue weighted by atomic mass is 9.75. The van der Waals surface area contributed by atoms with Gasteiger partial charge in [0.2, 0.25) is 0 Å². The van der Waals surface area contributed by atoms with Crippen LogP contribution >= 0.6 is 0 Å². The van der Waals surface area contributed by atoms with E-state index in [-0.39, 0.29) is 6.09 Å². The number of ether oxygens (including phenoxy) is 1. The van der Waals surface area contributed by atoms with E-state index < -0.39 is 5.60 Å². The first-order chi connectivity index (χ1) is 11.7. The quantitative estimate of drug-likeness (QED) is 0.850. The van der Waals surface area contributed by atoms with Gasteiger partial charge in [-0.2, -0.15) is 4.98 Å². The number of anilines is 1. The van der Waals surface area contributed by atoms with Crippen molar-refractivity contribution in [3.05, 3.63) is 36.6 Å². The molecule has 1 amide bonds. The number of carbonyl (C=O) groups excluding carboxylic acids is 1. The average molecular weight is 325 g/mol. The summed E-state index contributed by atoms with van der Waals surface area (Å²) < 4.78 is 11.4. The van der Waals surface area contributed by atoms with Crippen LogP contribution in [-0.4, -0.2) is 47.8 Å². The van der Waals surface area contributed by atoms with Gasteiger partial charge in [-0.1, -0.05) is 30.3 Å². The summed E-state index contributed by atoms with van der Waals surface area (Å²) >= 11 is 0. The molecule has 6 nitrogen and oxygen atoms in total. The van der Waals surface area contributed by atoms with E-state index in [4.69, 9.17) is 9.15 Å². The van der Waals surface area contributed by atoms with E-state index in [1.807, 2.05) is 30.3 Å². The van der Waals surface area contributed by atoms with Gasteiger partial charge in [0.25, 0.3) is 0 Å². The van der Waals surface area contributed by atoms with Crippen LogP contribution in [0.25, 0.3) is 11.3 Å². The lowest BCUT2D eigenvalue weighted by molar-refractivity contribution is -0.0881. The fraction of sp³-hybridized carbons (Fsp3) is 0.444. The number of fused-ring (bicyclic) bond motifs is 2. The van der Waals surface area contributed by atoms with Gasteiger partial charge in [0, 0.05) is 18.0 Å². The molecule has 5 heterocycles. The number of oxazole rings is 1. The lowest BCUT2D eigenvalue weighted by Gasteiger charge is -2.49. The average Bonchev–Trinajstić information content (AvgIpc) is 3.22. The zero-order chi connectivity index (χ0) is 16.1. The SMILES string of the molecule is O=C1O[C@@]2(CN3CCC2CC3)CN1c1nc(-c2ccccc2)co1. The molecule has 0 unspecified atom stereocenters. The third kappa shape index (κ3) is 2.06. The Bertz CT molecular complexity index is 767. The molecule has 6 rings (SSSR count). The molecule has 2 bridgehead atoms. The van der Waals surface area contributed by atoms with Crippen molar-refractivity contribution in [2.45, 2.75) is 18.4 Å². The Balaban J connectivity index is 1.42. The van der Waals surface area contributed by atoms with Gasteiger partial charge >= 0.3 is 12.1 Å². The second-order valence-electron chi connectivity index (χ2n) is 6.95. The minimum atomic E-state index is -0.394. The Kier molecular flexibility index (Phi) is 2.97. The summed E-state index contributed by atoms with van der Waals surface area (Å²) in [5.41, 5.74) is 1.31. The highest BCUT2D eigenvalue weighted by molar-refractivity contribution is 5.88. The Hall–Kier alpha value is -2.34. The predicted octanol–water partition coefficient (Wildman–Crippen LogP) is 2.76. The second-order valence-corrected chi connectivity index (χ2v) is 6.95. The summed E-state index contributed by atoms with van der Waals surface area (Å²) in [7, 11) is 0.